The predicted molar refractivity (Wildman–Crippen MR) is 74.6 cm³/mol. The van der Waals surface area contributed by atoms with E-state index in [0.29, 0.717) is 16.8 Å². The number of carbonyl (C=O) groups excluding carboxylic acids is 1. The van der Waals surface area contributed by atoms with E-state index >= 15 is 0 Å². The number of rotatable bonds is 1. The highest BCUT2D eigenvalue weighted by Crippen LogP contribution is 2.40. The molecule has 0 saturated heterocycles. The molecule has 6 heteroatoms. The molecule has 0 bridgehead atoms. The minimum Gasteiger partial charge on any atom is -0.508 e. The summed E-state index contributed by atoms with van der Waals surface area (Å²) in [6, 6.07) is 9.46. The summed E-state index contributed by atoms with van der Waals surface area (Å²) >= 11 is 0. The fourth-order valence-corrected chi connectivity index (χ4v) is 2.68. The SMILES string of the molecule is O=C1CC(c2cccc(C(F)(F)F)c2)c2ccc(O)cc2N1. The number of halogens is 3. The van der Waals surface area contributed by atoms with E-state index in [2.05, 4.69) is 5.32 Å². The number of nitrogens with one attached hydrogen (secondary N) is 1. The van der Waals surface area contributed by atoms with Crippen LogP contribution in [-0.2, 0) is 11.0 Å². The van der Waals surface area contributed by atoms with Gasteiger partial charge in [0.1, 0.15) is 5.75 Å². The van der Waals surface area contributed by atoms with Crippen molar-refractivity contribution in [2.45, 2.75) is 18.5 Å². The maximum absolute atomic E-state index is 12.8. The van der Waals surface area contributed by atoms with E-state index in [1.165, 1.54) is 18.2 Å². The van der Waals surface area contributed by atoms with Crippen molar-refractivity contribution in [3.8, 4) is 5.75 Å². The number of alkyl halides is 3. The molecule has 2 aromatic rings. The molecule has 114 valence electrons. The fourth-order valence-electron chi connectivity index (χ4n) is 2.68. The van der Waals surface area contributed by atoms with E-state index in [1.54, 1.807) is 12.1 Å². The van der Waals surface area contributed by atoms with Crippen molar-refractivity contribution in [2.24, 2.45) is 0 Å². The Balaban J connectivity index is 2.08. The van der Waals surface area contributed by atoms with E-state index in [1.807, 2.05) is 0 Å². The Labute approximate surface area is 124 Å². The van der Waals surface area contributed by atoms with Crippen LogP contribution in [0.1, 0.15) is 29.0 Å². The van der Waals surface area contributed by atoms with Gasteiger partial charge in [-0.25, -0.2) is 0 Å². The molecule has 2 N–H and O–H groups in total. The van der Waals surface area contributed by atoms with Crippen LogP contribution in [0, 0.1) is 0 Å². The van der Waals surface area contributed by atoms with Gasteiger partial charge in [-0.3, -0.25) is 4.79 Å². The molecule has 0 radical (unpaired) electrons. The standard InChI is InChI=1S/C16H12F3NO2/c17-16(18,19)10-3-1-2-9(6-10)13-8-15(22)20-14-7-11(21)4-5-12(13)14/h1-7,13,21H,8H2,(H,20,22). The first-order chi connectivity index (χ1) is 10.3. The van der Waals surface area contributed by atoms with Crippen LogP contribution in [0.15, 0.2) is 42.5 Å². The molecule has 1 aliphatic heterocycles. The second kappa shape index (κ2) is 5.05. The first kappa shape index (κ1) is 14.4. The lowest BCUT2D eigenvalue weighted by molar-refractivity contribution is -0.137. The fraction of sp³-hybridized carbons (Fsp3) is 0.188. The minimum atomic E-state index is -4.43. The number of phenols is 1. The van der Waals surface area contributed by atoms with Gasteiger partial charge in [0.05, 0.1) is 5.56 Å². The molecule has 3 rings (SSSR count). The van der Waals surface area contributed by atoms with Crippen LogP contribution >= 0.6 is 0 Å². The van der Waals surface area contributed by atoms with E-state index < -0.39 is 17.7 Å². The third-order valence-electron chi connectivity index (χ3n) is 3.69. The molecular weight excluding hydrogens is 295 g/mol. The molecule has 0 aliphatic carbocycles. The van der Waals surface area contributed by atoms with Gasteiger partial charge in [0, 0.05) is 24.1 Å². The van der Waals surface area contributed by atoms with Crippen molar-refractivity contribution in [2.75, 3.05) is 5.32 Å². The van der Waals surface area contributed by atoms with Crippen molar-refractivity contribution in [1.82, 2.24) is 0 Å². The molecule has 0 spiro atoms. The van der Waals surface area contributed by atoms with Gasteiger partial charge in [-0.15, -0.1) is 0 Å². The van der Waals surface area contributed by atoms with Gasteiger partial charge in [0.25, 0.3) is 0 Å². The van der Waals surface area contributed by atoms with Gasteiger partial charge in [-0.2, -0.15) is 13.2 Å². The number of benzene rings is 2. The van der Waals surface area contributed by atoms with Crippen molar-refractivity contribution >= 4 is 11.6 Å². The summed E-state index contributed by atoms with van der Waals surface area (Å²) < 4.78 is 38.5. The molecule has 0 fully saturated rings. The lowest BCUT2D eigenvalue weighted by atomic mass is 9.84. The van der Waals surface area contributed by atoms with Crippen LogP contribution in [0.5, 0.6) is 5.75 Å². The van der Waals surface area contributed by atoms with Crippen LogP contribution < -0.4 is 5.32 Å². The number of amides is 1. The Hall–Kier alpha value is -2.50. The highest BCUT2D eigenvalue weighted by atomic mass is 19.4. The number of phenolic OH excluding ortho intramolecular Hbond substituents is 1. The maximum atomic E-state index is 12.8. The molecule has 1 heterocycles. The summed E-state index contributed by atoms with van der Waals surface area (Å²) in [7, 11) is 0. The zero-order valence-corrected chi connectivity index (χ0v) is 11.3. The summed E-state index contributed by atoms with van der Waals surface area (Å²) in [5, 5.41) is 12.1. The summed E-state index contributed by atoms with van der Waals surface area (Å²) in [6.45, 7) is 0. The van der Waals surface area contributed by atoms with Gasteiger partial charge in [-0.05, 0) is 23.3 Å². The molecule has 1 amide bonds. The highest BCUT2D eigenvalue weighted by Gasteiger charge is 2.32. The number of hydrogen-bond donors (Lipinski definition) is 2. The average Bonchev–Trinajstić information content (AvgIpc) is 2.45. The zero-order valence-electron chi connectivity index (χ0n) is 11.3. The molecular formula is C16H12F3NO2. The average molecular weight is 307 g/mol. The van der Waals surface area contributed by atoms with E-state index in [9.17, 15) is 23.1 Å². The second-order valence-corrected chi connectivity index (χ2v) is 5.20. The number of carbonyl (C=O) groups is 1. The maximum Gasteiger partial charge on any atom is 0.416 e. The monoisotopic (exact) mass is 307 g/mol. The van der Waals surface area contributed by atoms with Crippen LogP contribution in [0.25, 0.3) is 0 Å². The Morgan fingerprint density at radius 2 is 1.91 bits per heavy atom. The Morgan fingerprint density at radius 3 is 2.64 bits per heavy atom. The molecule has 1 unspecified atom stereocenters. The first-order valence-corrected chi connectivity index (χ1v) is 6.64. The van der Waals surface area contributed by atoms with Crippen LogP contribution in [0.3, 0.4) is 0 Å². The molecule has 1 aliphatic rings. The van der Waals surface area contributed by atoms with Gasteiger partial charge in [-0.1, -0.05) is 24.3 Å². The van der Waals surface area contributed by atoms with Crippen molar-refractivity contribution in [3.05, 3.63) is 59.2 Å². The molecule has 0 saturated carbocycles. The smallest absolute Gasteiger partial charge is 0.416 e. The zero-order chi connectivity index (χ0) is 15.9. The molecule has 3 nitrogen and oxygen atoms in total. The third-order valence-corrected chi connectivity index (χ3v) is 3.69. The van der Waals surface area contributed by atoms with E-state index in [4.69, 9.17) is 0 Å². The molecule has 22 heavy (non-hydrogen) atoms. The Kier molecular flexibility index (Phi) is 3.31. The summed E-state index contributed by atoms with van der Waals surface area (Å²) in [5.74, 6) is -0.768. The molecule has 0 aromatic heterocycles. The summed E-state index contributed by atoms with van der Waals surface area (Å²) in [5.41, 5.74) is 0.809. The third kappa shape index (κ3) is 2.64. The first-order valence-electron chi connectivity index (χ1n) is 6.64. The number of anilines is 1. The molecule has 1 atom stereocenters. The number of fused-ring (bicyclic) bond motifs is 1. The van der Waals surface area contributed by atoms with E-state index in [-0.39, 0.29) is 18.1 Å². The highest BCUT2D eigenvalue weighted by molar-refractivity contribution is 5.95. The number of aromatic hydroxyl groups is 1. The second-order valence-electron chi connectivity index (χ2n) is 5.20. The minimum absolute atomic E-state index is 0.0104. The van der Waals surface area contributed by atoms with Gasteiger partial charge in [0.2, 0.25) is 5.91 Å². The van der Waals surface area contributed by atoms with Gasteiger partial charge >= 0.3 is 6.18 Å². The summed E-state index contributed by atoms with van der Waals surface area (Å²) in [4.78, 5) is 11.8. The summed E-state index contributed by atoms with van der Waals surface area (Å²) in [6.07, 6.45) is -4.36. The van der Waals surface area contributed by atoms with Crippen molar-refractivity contribution < 1.29 is 23.1 Å². The lowest BCUT2D eigenvalue weighted by Gasteiger charge is -2.26. The Morgan fingerprint density at radius 1 is 1.14 bits per heavy atom. The van der Waals surface area contributed by atoms with Crippen LogP contribution in [0.2, 0.25) is 0 Å². The topological polar surface area (TPSA) is 49.3 Å². The quantitative estimate of drug-likeness (QED) is 0.840. The van der Waals surface area contributed by atoms with Crippen molar-refractivity contribution in [3.63, 3.8) is 0 Å². The van der Waals surface area contributed by atoms with E-state index in [0.717, 1.165) is 12.1 Å². The normalized spacial score (nSPS) is 17.8. The van der Waals surface area contributed by atoms with Crippen LogP contribution in [0.4, 0.5) is 18.9 Å². The van der Waals surface area contributed by atoms with Gasteiger partial charge < -0.3 is 10.4 Å². The molecule has 2 aromatic carbocycles. The lowest BCUT2D eigenvalue weighted by Crippen LogP contribution is -2.23. The van der Waals surface area contributed by atoms with Crippen LogP contribution in [-0.4, -0.2) is 11.0 Å². The Bertz CT molecular complexity index is 740. The predicted octanol–water partition coefficient (Wildman–Crippen LogP) is 3.89. The van der Waals surface area contributed by atoms with Gasteiger partial charge in [0.15, 0.2) is 0 Å². The largest absolute Gasteiger partial charge is 0.508 e. The number of hydrogen-bond acceptors (Lipinski definition) is 2. The van der Waals surface area contributed by atoms with Crippen molar-refractivity contribution in [1.29, 1.82) is 0 Å².